The number of halogens is 3. The SMILES string of the molecule is COc1ccc(-n2nc(C(F)(F)F)cc2-c2ccncc2)cc1. The van der Waals surface area contributed by atoms with Gasteiger partial charge in [-0.25, -0.2) is 4.68 Å². The van der Waals surface area contributed by atoms with Gasteiger partial charge in [-0.05, 0) is 42.5 Å². The van der Waals surface area contributed by atoms with E-state index in [1.807, 2.05) is 0 Å². The van der Waals surface area contributed by atoms with Crippen molar-refractivity contribution >= 4 is 0 Å². The summed E-state index contributed by atoms with van der Waals surface area (Å²) in [5, 5.41) is 3.71. The number of methoxy groups -OCH3 is 1. The minimum Gasteiger partial charge on any atom is -0.497 e. The van der Waals surface area contributed by atoms with Gasteiger partial charge in [-0.1, -0.05) is 0 Å². The third-order valence-electron chi connectivity index (χ3n) is 3.29. The fourth-order valence-corrected chi connectivity index (χ4v) is 2.17. The van der Waals surface area contributed by atoms with Gasteiger partial charge in [0, 0.05) is 18.0 Å². The fraction of sp³-hybridized carbons (Fsp3) is 0.125. The molecular formula is C16H12F3N3O. The number of aromatic nitrogens is 3. The number of rotatable bonds is 3. The van der Waals surface area contributed by atoms with Gasteiger partial charge < -0.3 is 4.74 Å². The average Bonchev–Trinajstić information content (AvgIpc) is 3.01. The monoisotopic (exact) mass is 319 g/mol. The lowest BCUT2D eigenvalue weighted by atomic mass is 10.2. The van der Waals surface area contributed by atoms with Crippen LogP contribution in [0.15, 0.2) is 54.9 Å². The molecule has 1 aromatic carbocycles. The standard InChI is InChI=1S/C16H12F3N3O/c1-23-13-4-2-12(3-5-13)22-14(11-6-8-20-9-7-11)10-15(21-22)16(17,18)19/h2-10H,1H3. The summed E-state index contributed by atoms with van der Waals surface area (Å²) in [7, 11) is 1.52. The number of benzene rings is 1. The second kappa shape index (κ2) is 5.75. The van der Waals surface area contributed by atoms with E-state index in [4.69, 9.17) is 4.74 Å². The molecule has 3 rings (SSSR count). The minimum absolute atomic E-state index is 0.338. The summed E-state index contributed by atoms with van der Waals surface area (Å²) >= 11 is 0. The highest BCUT2D eigenvalue weighted by atomic mass is 19.4. The lowest BCUT2D eigenvalue weighted by Crippen LogP contribution is -2.07. The molecule has 23 heavy (non-hydrogen) atoms. The Morgan fingerprint density at radius 2 is 1.65 bits per heavy atom. The molecule has 0 aliphatic carbocycles. The van der Waals surface area contributed by atoms with Gasteiger partial charge in [-0.15, -0.1) is 0 Å². The Labute approximate surface area is 130 Å². The molecule has 118 valence electrons. The quantitative estimate of drug-likeness (QED) is 0.733. The highest BCUT2D eigenvalue weighted by Gasteiger charge is 2.35. The van der Waals surface area contributed by atoms with Crippen molar-refractivity contribution in [2.24, 2.45) is 0 Å². The Morgan fingerprint density at radius 3 is 2.22 bits per heavy atom. The summed E-state index contributed by atoms with van der Waals surface area (Å²) in [6.45, 7) is 0. The van der Waals surface area contributed by atoms with Gasteiger partial charge in [0.1, 0.15) is 5.75 Å². The summed E-state index contributed by atoms with van der Waals surface area (Å²) in [5.74, 6) is 0.613. The first-order valence-electron chi connectivity index (χ1n) is 6.71. The van der Waals surface area contributed by atoms with Crippen LogP contribution in [0, 0.1) is 0 Å². The van der Waals surface area contributed by atoms with Crippen molar-refractivity contribution in [3.63, 3.8) is 0 Å². The molecular weight excluding hydrogens is 307 g/mol. The molecule has 7 heteroatoms. The van der Waals surface area contributed by atoms with Crippen molar-refractivity contribution in [1.82, 2.24) is 14.8 Å². The maximum Gasteiger partial charge on any atom is 0.435 e. The van der Waals surface area contributed by atoms with Gasteiger partial charge in [0.2, 0.25) is 0 Å². The van der Waals surface area contributed by atoms with E-state index in [0.717, 1.165) is 6.07 Å². The molecule has 0 N–H and O–H groups in total. The maximum absolute atomic E-state index is 13.0. The van der Waals surface area contributed by atoms with Crippen molar-refractivity contribution in [2.45, 2.75) is 6.18 Å². The van der Waals surface area contributed by atoms with E-state index in [0.29, 0.717) is 22.7 Å². The normalized spacial score (nSPS) is 11.5. The molecule has 0 unspecified atom stereocenters. The molecule has 4 nitrogen and oxygen atoms in total. The second-order valence-corrected chi connectivity index (χ2v) is 4.76. The van der Waals surface area contributed by atoms with E-state index >= 15 is 0 Å². The number of hydrogen-bond acceptors (Lipinski definition) is 3. The highest BCUT2D eigenvalue weighted by molar-refractivity contribution is 5.62. The highest BCUT2D eigenvalue weighted by Crippen LogP contribution is 2.33. The molecule has 2 aromatic heterocycles. The number of ether oxygens (including phenoxy) is 1. The molecule has 0 bridgehead atoms. The number of hydrogen-bond donors (Lipinski definition) is 0. The maximum atomic E-state index is 13.0. The Bertz CT molecular complexity index is 796. The van der Waals surface area contributed by atoms with E-state index in [-0.39, 0.29) is 0 Å². The zero-order valence-electron chi connectivity index (χ0n) is 12.1. The molecule has 0 fully saturated rings. The molecule has 0 aliphatic heterocycles. The zero-order chi connectivity index (χ0) is 16.4. The summed E-state index contributed by atoms with van der Waals surface area (Å²) in [6.07, 6.45) is -1.47. The summed E-state index contributed by atoms with van der Waals surface area (Å²) in [6, 6.07) is 10.9. The largest absolute Gasteiger partial charge is 0.497 e. The predicted molar refractivity (Wildman–Crippen MR) is 78.3 cm³/mol. The van der Waals surface area contributed by atoms with Gasteiger partial charge in [-0.2, -0.15) is 18.3 Å². The molecule has 3 aromatic rings. The minimum atomic E-state index is -4.51. The lowest BCUT2D eigenvalue weighted by Gasteiger charge is -2.08. The Morgan fingerprint density at radius 1 is 1.00 bits per heavy atom. The molecule has 0 aliphatic rings. The second-order valence-electron chi connectivity index (χ2n) is 4.76. The molecule has 2 heterocycles. The molecule has 0 saturated carbocycles. The Balaban J connectivity index is 2.15. The van der Waals surface area contributed by atoms with Crippen LogP contribution < -0.4 is 4.74 Å². The van der Waals surface area contributed by atoms with Crippen LogP contribution >= 0.6 is 0 Å². The van der Waals surface area contributed by atoms with Crippen LogP contribution in [-0.2, 0) is 6.18 Å². The summed E-state index contributed by atoms with van der Waals surface area (Å²) in [4.78, 5) is 3.88. The van der Waals surface area contributed by atoms with Gasteiger partial charge in [0.15, 0.2) is 5.69 Å². The first kappa shape index (κ1) is 15.1. The van der Waals surface area contributed by atoms with Crippen LogP contribution in [-0.4, -0.2) is 21.9 Å². The van der Waals surface area contributed by atoms with Crippen LogP contribution in [0.5, 0.6) is 5.75 Å². The van der Waals surface area contributed by atoms with Gasteiger partial charge in [0.05, 0.1) is 18.5 Å². The third-order valence-corrected chi connectivity index (χ3v) is 3.29. The van der Waals surface area contributed by atoms with E-state index < -0.39 is 11.9 Å². The first-order valence-corrected chi connectivity index (χ1v) is 6.71. The summed E-state index contributed by atoms with van der Waals surface area (Å²) in [5.41, 5.74) is 0.497. The topological polar surface area (TPSA) is 39.9 Å². The predicted octanol–water partition coefficient (Wildman–Crippen LogP) is 3.96. The van der Waals surface area contributed by atoms with E-state index in [1.54, 1.807) is 36.4 Å². The van der Waals surface area contributed by atoms with Crippen LogP contribution in [0.3, 0.4) is 0 Å². The summed E-state index contributed by atoms with van der Waals surface area (Å²) < 4.78 is 45.4. The van der Waals surface area contributed by atoms with Crippen LogP contribution in [0.1, 0.15) is 5.69 Å². The average molecular weight is 319 g/mol. The van der Waals surface area contributed by atoms with Crippen molar-refractivity contribution in [1.29, 1.82) is 0 Å². The first-order chi connectivity index (χ1) is 11.0. The number of pyridine rings is 1. The van der Waals surface area contributed by atoms with Crippen molar-refractivity contribution in [3.8, 4) is 22.7 Å². The van der Waals surface area contributed by atoms with Gasteiger partial charge >= 0.3 is 6.18 Å². The molecule has 0 atom stereocenters. The van der Waals surface area contributed by atoms with Crippen LogP contribution in [0.25, 0.3) is 16.9 Å². The Hall–Kier alpha value is -2.83. The fourth-order valence-electron chi connectivity index (χ4n) is 2.17. The number of alkyl halides is 3. The van der Waals surface area contributed by atoms with Crippen molar-refractivity contribution < 1.29 is 17.9 Å². The van der Waals surface area contributed by atoms with E-state index in [9.17, 15) is 13.2 Å². The van der Waals surface area contributed by atoms with Gasteiger partial charge in [0.25, 0.3) is 0 Å². The van der Waals surface area contributed by atoms with Crippen LogP contribution in [0.2, 0.25) is 0 Å². The third kappa shape index (κ3) is 3.03. The number of nitrogens with zero attached hydrogens (tertiary/aromatic N) is 3. The lowest BCUT2D eigenvalue weighted by molar-refractivity contribution is -0.141. The van der Waals surface area contributed by atoms with Gasteiger partial charge in [-0.3, -0.25) is 4.98 Å². The Kier molecular flexibility index (Phi) is 3.77. The molecule has 0 saturated heterocycles. The molecule has 0 radical (unpaired) electrons. The van der Waals surface area contributed by atoms with Crippen molar-refractivity contribution in [2.75, 3.05) is 7.11 Å². The molecule has 0 spiro atoms. The smallest absolute Gasteiger partial charge is 0.435 e. The molecule has 0 amide bonds. The van der Waals surface area contributed by atoms with Crippen LogP contribution in [0.4, 0.5) is 13.2 Å². The zero-order valence-corrected chi connectivity index (χ0v) is 12.1. The van der Waals surface area contributed by atoms with E-state index in [2.05, 4.69) is 10.1 Å². The van der Waals surface area contributed by atoms with Crippen molar-refractivity contribution in [3.05, 3.63) is 60.6 Å². The van der Waals surface area contributed by atoms with E-state index in [1.165, 1.54) is 24.2 Å².